The number of nitrogens with one attached hydrogen (secondary N) is 1. The summed E-state index contributed by atoms with van der Waals surface area (Å²) < 4.78 is 21.6. The fourth-order valence-electron chi connectivity index (χ4n) is 4.14. The van der Waals surface area contributed by atoms with Gasteiger partial charge in [-0.3, -0.25) is 0 Å². The lowest BCUT2D eigenvalue weighted by Gasteiger charge is -2.13. The summed E-state index contributed by atoms with van der Waals surface area (Å²) in [6.07, 6.45) is 21.8. The van der Waals surface area contributed by atoms with Crippen LogP contribution in [-0.4, -0.2) is 70.1 Å². The van der Waals surface area contributed by atoms with Crippen molar-refractivity contribution in [2.45, 2.75) is 136 Å². The van der Waals surface area contributed by atoms with E-state index in [-0.39, 0.29) is 5.92 Å². The Bertz CT molecular complexity index is 479. The number of carbonyl (C=O) groups is 1. The lowest BCUT2D eigenvalue weighted by atomic mass is 10.0. The molecule has 2 unspecified atom stereocenters. The molecule has 0 rings (SSSR count). The molecule has 228 valence electrons. The van der Waals surface area contributed by atoms with Crippen LogP contribution in [0.5, 0.6) is 0 Å². The molecule has 0 aromatic heterocycles. The van der Waals surface area contributed by atoms with Crippen LogP contribution in [0, 0.1) is 5.92 Å². The predicted molar refractivity (Wildman–Crippen MR) is 157 cm³/mol. The SMILES string of the molecule is CCCCCCCCCCCCCCCCCCOCC(C)COC(=O)NCCOCCOCC(O)CC. The average molecular weight is 546 g/mol. The summed E-state index contributed by atoms with van der Waals surface area (Å²) in [4.78, 5) is 11.8. The molecule has 0 aliphatic heterocycles. The lowest BCUT2D eigenvalue weighted by Crippen LogP contribution is -2.30. The Morgan fingerprint density at radius 3 is 1.68 bits per heavy atom. The van der Waals surface area contributed by atoms with Crippen LogP contribution in [0.25, 0.3) is 0 Å². The molecule has 0 spiro atoms. The third-order valence-corrected chi connectivity index (χ3v) is 6.71. The van der Waals surface area contributed by atoms with Crippen LogP contribution in [0.3, 0.4) is 0 Å². The first-order valence-corrected chi connectivity index (χ1v) is 15.9. The quantitative estimate of drug-likeness (QED) is 0.0913. The monoisotopic (exact) mass is 545 g/mol. The summed E-state index contributed by atoms with van der Waals surface area (Å²) in [6.45, 7) is 9.93. The molecular formula is C31H63NO6. The van der Waals surface area contributed by atoms with E-state index in [0.29, 0.717) is 52.6 Å². The van der Waals surface area contributed by atoms with E-state index in [9.17, 15) is 9.90 Å². The fourth-order valence-corrected chi connectivity index (χ4v) is 4.14. The van der Waals surface area contributed by atoms with E-state index >= 15 is 0 Å². The highest BCUT2D eigenvalue weighted by atomic mass is 16.6. The second-order valence-electron chi connectivity index (χ2n) is 10.8. The molecule has 0 saturated carbocycles. The van der Waals surface area contributed by atoms with Gasteiger partial charge in [-0.2, -0.15) is 0 Å². The van der Waals surface area contributed by atoms with Crippen molar-refractivity contribution in [3.8, 4) is 0 Å². The maximum atomic E-state index is 11.8. The Labute approximate surface area is 235 Å². The zero-order valence-corrected chi connectivity index (χ0v) is 25.3. The minimum absolute atomic E-state index is 0.175. The first-order chi connectivity index (χ1) is 18.6. The molecule has 0 radical (unpaired) electrons. The zero-order chi connectivity index (χ0) is 27.9. The van der Waals surface area contributed by atoms with Crippen LogP contribution < -0.4 is 5.32 Å². The van der Waals surface area contributed by atoms with Gasteiger partial charge >= 0.3 is 6.09 Å². The van der Waals surface area contributed by atoms with Crippen molar-refractivity contribution in [3.05, 3.63) is 0 Å². The molecule has 7 nitrogen and oxygen atoms in total. The molecule has 0 saturated heterocycles. The Hall–Kier alpha value is -0.890. The van der Waals surface area contributed by atoms with Gasteiger partial charge in [0.15, 0.2) is 0 Å². The number of aliphatic hydroxyl groups is 1. The van der Waals surface area contributed by atoms with Crippen LogP contribution in [0.1, 0.15) is 130 Å². The summed E-state index contributed by atoms with van der Waals surface area (Å²) in [5.74, 6) is 0.175. The molecule has 0 aromatic rings. The number of amides is 1. The number of aliphatic hydroxyl groups excluding tert-OH is 1. The van der Waals surface area contributed by atoms with Crippen molar-refractivity contribution >= 4 is 6.09 Å². The molecule has 0 bridgehead atoms. The van der Waals surface area contributed by atoms with Gasteiger partial charge in [-0.25, -0.2) is 4.79 Å². The van der Waals surface area contributed by atoms with Crippen LogP contribution >= 0.6 is 0 Å². The molecule has 7 heteroatoms. The van der Waals surface area contributed by atoms with Gasteiger partial charge in [-0.05, 0) is 12.8 Å². The summed E-state index contributed by atoms with van der Waals surface area (Å²) in [7, 11) is 0. The molecular weight excluding hydrogens is 482 g/mol. The first kappa shape index (κ1) is 37.1. The maximum Gasteiger partial charge on any atom is 0.407 e. The van der Waals surface area contributed by atoms with E-state index in [1.54, 1.807) is 0 Å². The molecule has 0 aromatic carbocycles. The van der Waals surface area contributed by atoms with E-state index < -0.39 is 12.2 Å². The third kappa shape index (κ3) is 29.7. The predicted octanol–water partition coefficient (Wildman–Crippen LogP) is 7.43. The van der Waals surface area contributed by atoms with Gasteiger partial charge in [0, 0.05) is 19.1 Å². The van der Waals surface area contributed by atoms with Crippen LogP contribution in [0.4, 0.5) is 4.79 Å². The number of rotatable bonds is 30. The largest absolute Gasteiger partial charge is 0.449 e. The number of alkyl carbamates (subject to hydrolysis) is 1. The van der Waals surface area contributed by atoms with Crippen molar-refractivity contribution in [1.29, 1.82) is 0 Å². The van der Waals surface area contributed by atoms with Crippen molar-refractivity contribution < 1.29 is 28.8 Å². The Morgan fingerprint density at radius 2 is 1.13 bits per heavy atom. The Balaban J connectivity index is 3.27. The van der Waals surface area contributed by atoms with E-state index in [1.165, 1.54) is 96.3 Å². The van der Waals surface area contributed by atoms with Crippen molar-refractivity contribution in [1.82, 2.24) is 5.32 Å². The second kappa shape index (κ2) is 30.6. The number of carbonyl (C=O) groups excluding carboxylic acids is 1. The summed E-state index contributed by atoms with van der Waals surface area (Å²) in [5.41, 5.74) is 0. The topological polar surface area (TPSA) is 86.3 Å². The second-order valence-corrected chi connectivity index (χ2v) is 10.8. The normalized spacial score (nSPS) is 12.9. The van der Waals surface area contributed by atoms with Crippen LogP contribution in [0.15, 0.2) is 0 Å². The molecule has 0 aliphatic carbocycles. The molecule has 0 heterocycles. The highest BCUT2D eigenvalue weighted by molar-refractivity contribution is 5.67. The van der Waals surface area contributed by atoms with Gasteiger partial charge in [0.1, 0.15) is 0 Å². The van der Waals surface area contributed by atoms with Gasteiger partial charge in [0.2, 0.25) is 0 Å². The molecule has 0 aliphatic rings. The summed E-state index contributed by atoms with van der Waals surface area (Å²) >= 11 is 0. The van der Waals surface area contributed by atoms with E-state index in [1.807, 2.05) is 13.8 Å². The highest BCUT2D eigenvalue weighted by Gasteiger charge is 2.07. The van der Waals surface area contributed by atoms with Gasteiger partial charge in [0.05, 0.1) is 45.7 Å². The van der Waals surface area contributed by atoms with Crippen molar-refractivity contribution in [2.24, 2.45) is 5.92 Å². The number of ether oxygens (including phenoxy) is 4. The standard InChI is InChI=1S/C31H63NO6/c1-4-6-7-8-9-10-11-12-13-14-15-16-17-18-19-20-22-36-26-29(3)27-38-31(34)32-21-23-35-24-25-37-28-30(33)5-2/h29-30,33H,4-28H2,1-3H3,(H,32,34). The van der Waals surface area contributed by atoms with Crippen LogP contribution in [-0.2, 0) is 18.9 Å². The maximum absolute atomic E-state index is 11.8. The summed E-state index contributed by atoms with van der Waals surface area (Å²) in [5, 5.41) is 12.1. The number of unbranched alkanes of at least 4 members (excludes halogenated alkanes) is 15. The first-order valence-electron chi connectivity index (χ1n) is 15.9. The fraction of sp³-hybridized carbons (Fsp3) is 0.968. The Kier molecular flexibility index (Phi) is 29.9. The van der Waals surface area contributed by atoms with Gasteiger partial charge in [-0.15, -0.1) is 0 Å². The van der Waals surface area contributed by atoms with Crippen molar-refractivity contribution in [2.75, 3.05) is 52.8 Å². The summed E-state index contributed by atoms with van der Waals surface area (Å²) in [6, 6.07) is 0. The molecule has 38 heavy (non-hydrogen) atoms. The zero-order valence-electron chi connectivity index (χ0n) is 25.3. The Morgan fingerprint density at radius 1 is 0.632 bits per heavy atom. The third-order valence-electron chi connectivity index (χ3n) is 6.71. The minimum atomic E-state index is -0.430. The van der Waals surface area contributed by atoms with Gasteiger partial charge in [-0.1, -0.05) is 117 Å². The van der Waals surface area contributed by atoms with E-state index in [0.717, 1.165) is 13.0 Å². The molecule has 1 amide bonds. The lowest BCUT2D eigenvalue weighted by molar-refractivity contribution is 0.00332. The van der Waals surface area contributed by atoms with Gasteiger partial charge < -0.3 is 29.4 Å². The smallest absolute Gasteiger partial charge is 0.407 e. The molecule has 2 N–H and O–H groups in total. The highest BCUT2D eigenvalue weighted by Crippen LogP contribution is 2.13. The van der Waals surface area contributed by atoms with Crippen LogP contribution in [0.2, 0.25) is 0 Å². The van der Waals surface area contributed by atoms with Gasteiger partial charge in [0.25, 0.3) is 0 Å². The van der Waals surface area contributed by atoms with Crippen molar-refractivity contribution in [3.63, 3.8) is 0 Å². The van der Waals surface area contributed by atoms with E-state index in [2.05, 4.69) is 12.2 Å². The van der Waals surface area contributed by atoms with E-state index in [4.69, 9.17) is 18.9 Å². The minimum Gasteiger partial charge on any atom is -0.449 e. The molecule has 0 fully saturated rings. The molecule has 2 atom stereocenters. The average Bonchev–Trinajstić information content (AvgIpc) is 2.92. The number of hydrogen-bond donors (Lipinski definition) is 2. The number of hydrogen-bond acceptors (Lipinski definition) is 6.